The summed E-state index contributed by atoms with van der Waals surface area (Å²) in [5.74, 6) is -0.252. The Morgan fingerprint density at radius 3 is 2.30 bits per heavy atom. The highest BCUT2D eigenvalue weighted by Gasteiger charge is 2.22. The molecule has 7 heteroatoms. The van der Waals surface area contributed by atoms with Crippen molar-refractivity contribution in [1.82, 2.24) is 4.57 Å². The van der Waals surface area contributed by atoms with Gasteiger partial charge in [0.2, 0.25) is 9.84 Å². The number of ether oxygens (including phenoxy) is 1. The Hall–Kier alpha value is -3.63. The van der Waals surface area contributed by atoms with Gasteiger partial charge >= 0.3 is 5.97 Å². The van der Waals surface area contributed by atoms with Crippen molar-refractivity contribution in [2.75, 3.05) is 6.61 Å². The number of rotatable bonds is 7. The van der Waals surface area contributed by atoms with E-state index in [2.05, 4.69) is 0 Å². The van der Waals surface area contributed by atoms with E-state index >= 15 is 0 Å². The second kappa shape index (κ2) is 9.88. The van der Waals surface area contributed by atoms with Crippen LogP contribution in [0.3, 0.4) is 0 Å². The van der Waals surface area contributed by atoms with E-state index in [1.165, 1.54) is 18.2 Å². The number of carbonyl (C=O) groups is 1. The smallest absolute Gasteiger partial charge is 0.338 e. The predicted octanol–water partition coefficient (Wildman–Crippen LogP) is 5.42. The minimum Gasteiger partial charge on any atom is -0.462 e. The lowest BCUT2D eigenvalue weighted by atomic mass is 10.1. The fourth-order valence-electron chi connectivity index (χ4n) is 3.56. The lowest BCUT2D eigenvalue weighted by Gasteiger charge is -2.15. The van der Waals surface area contributed by atoms with Crippen LogP contribution in [-0.4, -0.2) is 25.6 Å². The van der Waals surface area contributed by atoms with Gasteiger partial charge in [0.25, 0.3) is 0 Å². The largest absolute Gasteiger partial charge is 0.462 e. The van der Waals surface area contributed by atoms with Gasteiger partial charge in [0.1, 0.15) is 11.0 Å². The van der Waals surface area contributed by atoms with Crippen LogP contribution in [0, 0.1) is 18.3 Å². The lowest BCUT2D eigenvalue weighted by Crippen LogP contribution is -2.07. The molecule has 0 aliphatic rings. The number of esters is 1. The molecule has 33 heavy (non-hydrogen) atoms. The van der Waals surface area contributed by atoms with Gasteiger partial charge in [0.15, 0.2) is 0 Å². The Morgan fingerprint density at radius 1 is 1.12 bits per heavy atom. The van der Waals surface area contributed by atoms with Crippen molar-refractivity contribution in [3.05, 3.63) is 88.1 Å². The number of nitriles is 1. The van der Waals surface area contributed by atoms with E-state index in [9.17, 15) is 18.5 Å². The summed E-state index contributed by atoms with van der Waals surface area (Å²) >= 11 is 0. The highest BCUT2D eigenvalue weighted by Crippen LogP contribution is 2.30. The van der Waals surface area contributed by atoms with Crippen LogP contribution in [0.5, 0.6) is 0 Å². The molecule has 0 aliphatic carbocycles. The zero-order valence-electron chi connectivity index (χ0n) is 19.1. The van der Waals surface area contributed by atoms with Gasteiger partial charge in [-0.25, -0.2) is 13.2 Å². The molecule has 0 bridgehead atoms. The molecule has 0 aliphatic heterocycles. The van der Waals surface area contributed by atoms with Crippen molar-refractivity contribution in [2.24, 2.45) is 0 Å². The van der Waals surface area contributed by atoms with Crippen molar-refractivity contribution in [3.8, 4) is 11.8 Å². The summed E-state index contributed by atoms with van der Waals surface area (Å²) < 4.78 is 33.0. The molecule has 3 aromatic rings. The average molecular weight is 463 g/mol. The molecule has 0 radical (unpaired) electrons. The molecule has 2 aromatic carbocycles. The van der Waals surface area contributed by atoms with Gasteiger partial charge in [-0.05, 0) is 73.9 Å². The zero-order valence-corrected chi connectivity index (χ0v) is 19.9. The summed E-state index contributed by atoms with van der Waals surface area (Å²) in [5.41, 5.74) is 3.67. The SMILES string of the molecule is CCOC(=O)c1ccc(-n2c(C(C)C)cc(/C=C(\C#N)S(=O)(=O)c3ccccc3)c2C)cc1. The van der Waals surface area contributed by atoms with Crippen molar-refractivity contribution in [1.29, 1.82) is 5.26 Å². The van der Waals surface area contributed by atoms with Crippen molar-refractivity contribution in [2.45, 2.75) is 38.5 Å². The van der Waals surface area contributed by atoms with E-state index in [0.717, 1.165) is 17.1 Å². The number of carbonyl (C=O) groups excluding carboxylic acids is 1. The van der Waals surface area contributed by atoms with Crippen LogP contribution >= 0.6 is 0 Å². The molecule has 3 rings (SSSR count). The highest BCUT2D eigenvalue weighted by molar-refractivity contribution is 7.95. The van der Waals surface area contributed by atoms with Crippen molar-refractivity contribution in [3.63, 3.8) is 0 Å². The number of aromatic nitrogens is 1. The number of hydrogen-bond donors (Lipinski definition) is 0. The maximum Gasteiger partial charge on any atom is 0.338 e. The first-order valence-corrected chi connectivity index (χ1v) is 12.1. The van der Waals surface area contributed by atoms with Crippen LogP contribution in [0.15, 0.2) is 70.5 Å². The fourth-order valence-corrected chi connectivity index (χ4v) is 4.74. The summed E-state index contributed by atoms with van der Waals surface area (Å²) in [6.07, 6.45) is 1.42. The Balaban J connectivity index is 2.10. The van der Waals surface area contributed by atoms with Crippen LogP contribution < -0.4 is 0 Å². The third kappa shape index (κ3) is 4.91. The first-order chi connectivity index (χ1) is 15.7. The Labute approximate surface area is 194 Å². The first-order valence-electron chi connectivity index (χ1n) is 10.6. The molecule has 1 aromatic heterocycles. The lowest BCUT2D eigenvalue weighted by molar-refractivity contribution is 0.0526. The second-order valence-electron chi connectivity index (χ2n) is 7.80. The van der Waals surface area contributed by atoms with Crippen LogP contribution in [0.25, 0.3) is 11.8 Å². The monoisotopic (exact) mass is 462 g/mol. The molecule has 0 spiro atoms. The van der Waals surface area contributed by atoms with E-state index in [-0.39, 0.29) is 21.7 Å². The summed E-state index contributed by atoms with van der Waals surface area (Å²) in [7, 11) is -3.94. The number of hydrogen-bond acceptors (Lipinski definition) is 5. The average Bonchev–Trinajstić information content (AvgIpc) is 3.14. The number of sulfone groups is 1. The Morgan fingerprint density at radius 2 is 1.76 bits per heavy atom. The van der Waals surface area contributed by atoms with E-state index in [0.29, 0.717) is 17.7 Å². The molecule has 6 nitrogen and oxygen atoms in total. The first kappa shape index (κ1) is 24.0. The molecule has 0 saturated heterocycles. The molecule has 1 heterocycles. The number of nitrogens with zero attached hydrogens (tertiary/aromatic N) is 2. The maximum atomic E-state index is 13.0. The van der Waals surface area contributed by atoms with E-state index in [1.807, 2.05) is 49.6 Å². The summed E-state index contributed by atoms with van der Waals surface area (Å²) in [6, 6.07) is 18.7. The van der Waals surface area contributed by atoms with Crippen LogP contribution in [0.1, 0.15) is 54.0 Å². The molecular formula is C26H26N2O4S. The molecule has 0 fully saturated rings. The van der Waals surface area contributed by atoms with Gasteiger partial charge in [-0.3, -0.25) is 0 Å². The van der Waals surface area contributed by atoms with Gasteiger partial charge in [0, 0.05) is 17.1 Å². The van der Waals surface area contributed by atoms with Gasteiger partial charge < -0.3 is 9.30 Å². The van der Waals surface area contributed by atoms with Crippen molar-refractivity contribution >= 4 is 21.9 Å². The molecular weight excluding hydrogens is 436 g/mol. The second-order valence-corrected chi connectivity index (χ2v) is 9.72. The van der Waals surface area contributed by atoms with Crippen LogP contribution in [-0.2, 0) is 14.6 Å². The third-order valence-electron chi connectivity index (χ3n) is 5.28. The standard InChI is InChI=1S/C26H26N2O4S/c1-5-32-26(29)20-11-13-22(14-12-20)28-19(4)21(16-25(28)18(2)3)15-24(17-27)33(30,31)23-9-7-6-8-10-23/h6-16,18H,5H2,1-4H3/b24-15+. The molecule has 0 unspecified atom stereocenters. The van der Waals surface area contributed by atoms with Gasteiger partial charge in [-0.2, -0.15) is 5.26 Å². The fraction of sp³-hybridized carbons (Fsp3) is 0.231. The molecule has 0 atom stereocenters. The molecule has 0 saturated carbocycles. The summed E-state index contributed by atoms with van der Waals surface area (Å²) in [5, 5.41) is 9.66. The summed E-state index contributed by atoms with van der Waals surface area (Å²) in [6.45, 7) is 8.01. The minimum absolute atomic E-state index is 0.0773. The number of benzene rings is 2. The Kier molecular flexibility index (Phi) is 7.19. The molecule has 170 valence electrons. The minimum atomic E-state index is -3.94. The van der Waals surface area contributed by atoms with Gasteiger partial charge in [-0.15, -0.1) is 0 Å². The van der Waals surface area contributed by atoms with E-state index < -0.39 is 9.84 Å². The van der Waals surface area contributed by atoms with E-state index in [1.54, 1.807) is 37.3 Å². The molecule has 0 N–H and O–H groups in total. The topological polar surface area (TPSA) is 89.2 Å². The normalized spacial score (nSPS) is 11.9. The Bertz CT molecular complexity index is 1330. The third-order valence-corrected chi connectivity index (χ3v) is 6.96. The van der Waals surface area contributed by atoms with Crippen LogP contribution in [0.2, 0.25) is 0 Å². The number of allylic oxidation sites excluding steroid dienone is 1. The molecule has 0 amide bonds. The summed E-state index contributed by atoms with van der Waals surface area (Å²) in [4.78, 5) is 11.7. The van der Waals surface area contributed by atoms with Gasteiger partial charge in [-0.1, -0.05) is 32.0 Å². The van der Waals surface area contributed by atoms with Crippen LogP contribution in [0.4, 0.5) is 0 Å². The highest BCUT2D eigenvalue weighted by atomic mass is 32.2. The van der Waals surface area contributed by atoms with E-state index in [4.69, 9.17) is 4.74 Å². The predicted molar refractivity (Wildman–Crippen MR) is 128 cm³/mol. The quantitative estimate of drug-likeness (QED) is 0.345. The zero-order chi connectivity index (χ0) is 24.2. The van der Waals surface area contributed by atoms with Crippen molar-refractivity contribution < 1.29 is 17.9 Å². The van der Waals surface area contributed by atoms with Gasteiger partial charge in [0.05, 0.1) is 17.1 Å². The maximum absolute atomic E-state index is 13.0.